The number of piperidine rings is 1. The minimum atomic E-state index is -3.69. The van der Waals surface area contributed by atoms with Gasteiger partial charge in [-0.15, -0.1) is 11.8 Å². The van der Waals surface area contributed by atoms with Crippen LogP contribution in [-0.2, 0) is 14.8 Å². The predicted molar refractivity (Wildman–Crippen MR) is 105 cm³/mol. The highest BCUT2D eigenvalue weighted by Gasteiger charge is 2.37. The molecular weight excluding hydrogens is 368 g/mol. The molecule has 5 nitrogen and oxygen atoms in total. The van der Waals surface area contributed by atoms with E-state index in [4.69, 9.17) is 0 Å². The fourth-order valence-corrected chi connectivity index (χ4v) is 5.25. The summed E-state index contributed by atoms with van der Waals surface area (Å²) in [6.45, 7) is 0.361. The number of amides is 1. The molecule has 1 N–H and O–H groups in total. The van der Waals surface area contributed by atoms with Gasteiger partial charge in [-0.05, 0) is 49.4 Å². The Hall–Kier alpha value is -1.83. The summed E-state index contributed by atoms with van der Waals surface area (Å²) in [6, 6.07) is 15.2. The van der Waals surface area contributed by atoms with Gasteiger partial charge in [-0.2, -0.15) is 4.31 Å². The van der Waals surface area contributed by atoms with Crippen molar-refractivity contribution in [3.63, 3.8) is 0 Å². The summed E-state index contributed by atoms with van der Waals surface area (Å²) in [6.07, 6.45) is 4.10. The van der Waals surface area contributed by atoms with Crippen LogP contribution in [-0.4, -0.2) is 37.5 Å². The third-order valence-corrected chi connectivity index (χ3v) is 7.09. The van der Waals surface area contributed by atoms with Crippen LogP contribution in [0, 0.1) is 0 Å². The van der Waals surface area contributed by atoms with E-state index in [1.54, 1.807) is 42.1 Å². The van der Waals surface area contributed by atoms with Crippen molar-refractivity contribution < 1.29 is 13.2 Å². The van der Waals surface area contributed by atoms with Gasteiger partial charge in [-0.25, -0.2) is 8.42 Å². The molecule has 1 heterocycles. The van der Waals surface area contributed by atoms with E-state index in [0.29, 0.717) is 18.7 Å². The SMILES string of the molecule is CSc1cccc(NC(=O)C2CCCCN2S(=O)(=O)c2ccccc2)c1. The molecule has 1 atom stereocenters. The summed E-state index contributed by atoms with van der Waals surface area (Å²) in [4.78, 5) is 14.1. The molecule has 0 radical (unpaired) electrons. The maximum atomic E-state index is 13.0. The Bertz CT molecular complexity index is 869. The van der Waals surface area contributed by atoms with Gasteiger partial charge in [-0.3, -0.25) is 4.79 Å². The zero-order valence-electron chi connectivity index (χ0n) is 14.6. The van der Waals surface area contributed by atoms with Crippen molar-refractivity contribution in [2.24, 2.45) is 0 Å². The molecule has 1 amide bonds. The number of benzene rings is 2. The largest absolute Gasteiger partial charge is 0.325 e. The van der Waals surface area contributed by atoms with Crippen molar-refractivity contribution in [1.29, 1.82) is 0 Å². The number of carbonyl (C=O) groups is 1. The lowest BCUT2D eigenvalue weighted by Gasteiger charge is -2.33. The van der Waals surface area contributed by atoms with E-state index in [-0.39, 0.29) is 10.8 Å². The topological polar surface area (TPSA) is 66.5 Å². The van der Waals surface area contributed by atoms with Crippen LogP contribution < -0.4 is 5.32 Å². The molecule has 138 valence electrons. The minimum Gasteiger partial charge on any atom is -0.325 e. The number of anilines is 1. The summed E-state index contributed by atoms with van der Waals surface area (Å²) in [5.74, 6) is -0.276. The van der Waals surface area contributed by atoms with Crippen LogP contribution in [0.1, 0.15) is 19.3 Å². The Morgan fingerprint density at radius 3 is 2.62 bits per heavy atom. The van der Waals surface area contributed by atoms with Crippen LogP contribution in [0.3, 0.4) is 0 Å². The Morgan fingerprint density at radius 1 is 1.12 bits per heavy atom. The summed E-state index contributed by atoms with van der Waals surface area (Å²) in [5, 5.41) is 2.88. The van der Waals surface area contributed by atoms with Crippen LogP contribution in [0.4, 0.5) is 5.69 Å². The molecule has 0 spiro atoms. The average molecular weight is 391 g/mol. The Balaban J connectivity index is 1.83. The Labute approximate surface area is 158 Å². The van der Waals surface area contributed by atoms with Gasteiger partial charge in [0.2, 0.25) is 15.9 Å². The van der Waals surface area contributed by atoms with E-state index in [1.165, 1.54) is 4.31 Å². The normalized spacial score (nSPS) is 18.4. The van der Waals surface area contributed by atoms with Crippen molar-refractivity contribution in [1.82, 2.24) is 4.31 Å². The van der Waals surface area contributed by atoms with Gasteiger partial charge in [-0.1, -0.05) is 30.7 Å². The average Bonchev–Trinajstić information content (AvgIpc) is 2.68. The number of hydrogen-bond donors (Lipinski definition) is 1. The van der Waals surface area contributed by atoms with E-state index in [2.05, 4.69) is 5.32 Å². The zero-order chi connectivity index (χ0) is 18.6. The van der Waals surface area contributed by atoms with Crippen LogP contribution in [0.15, 0.2) is 64.4 Å². The second-order valence-corrected chi connectivity index (χ2v) is 8.93. The molecule has 1 saturated heterocycles. The smallest absolute Gasteiger partial charge is 0.243 e. The highest BCUT2D eigenvalue weighted by molar-refractivity contribution is 7.98. The van der Waals surface area contributed by atoms with E-state index in [9.17, 15) is 13.2 Å². The Morgan fingerprint density at radius 2 is 1.88 bits per heavy atom. The number of sulfonamides is 1. The van der Waals surface area contributed by atoms with E-state index < -0.39 is 16.1 Å². The van der Waals surface area contributed by atoms with Crippen LogP contribution >= 0.6 is 11.8 Å². The van der Waals surface area contributed by atoms with Gasteiger partial charge in [0, 0.05) is 17.1 Å². The molecule has 0 bridgehead atoms. The second-order valence-electron chi connectivity index (χ2n) is 6.16. The van der Waals surface area contributed by atoms with Crippen molar-refractivity contribution in [2.45, 2.75) is 35.1 Å². The van der Waals surface area contributed by atoms with Crippen LogP contribution in [0.5, 0.6) is 0 Å². The lowest BCUT2D eigenvalue weighted by Crippen LogP contribution is -2.49. The highest BCUT2D eigenvalue weighted by atomic mass is 32.2. The van der Waals surface area contributed by atoms with Gasteiger partial charge in [0.1, 0.15) is 6.04 Å². The third kappa shape index (κ3) is 4.11. The van der Waals surface area contributed by atoms with Gasteiger partial charge in [0.25, 0.3) is 0 Å². The number of rotatable bonds is 5. The molecule has 2 aromatic rings. The molecule has 1 aliphatic heterocycles. The van der Waals surface area contributed by atoms with Gasteiger partial charge >= 0.3 is 0 Å². The maximum absolute atomic E-state index is 13.0. The van der Waals surface area contributed by atoms with Gasteiger partial charge in [0.15, 0.2) is 0 Å². The first-order chi connectivity index (χ1) is 12.5. The molecule has 1 fully saturated rings. The fourth-order valence-electron chi connectivity index (χ4n) is 3.11. The monoisotopic (exact) mass is 390 g/mol. The minimum absolute atomic E-state index is 0.226. The summed E-state index contributed by atoms with van der Waals surface area (Å²) < 4.78 is 27.3. The van der Waals surface area contributed by atoms with Crippen LogP contribution in [0.2, 0.25) is 0 Å². The van der Waals surface area contributed by atoms with Crippen molar-refractivity contribution >= 4 is 33.4 Å². The second kappa shape index (κ2) is 8.24. The standard InChI is InChI=1S/C19H22N2O3S2/c1-25-16-9-7-8-15(14-16)20-19(22)18-12-5-6-13-21(18)26(23,24)17-10-3-2-4-11-17/h2-4,7-11,14,18H,5-6,12-13H2,1H3,(H,20,22). The number of hydrogen-bond acceptors (Lipinski definition) is 4. The Kier molecular flexibility index (Phi) is 6.01. The molecule has 26 heavy (non-hydrogen) atoms. The molecule has 3 rings (SSSR count). The third-order valence-electron chi connectivity index (χ3n) is 4.44. The molecule has 0 saturated carbocycles. The first-order valence-corrected chi connectivity index (χ1v) is 11.2. The van der Waals surface area contributed by atoms with E-state index >= 15 is 0 Å². The van der Waals surface area contributed by atoms with E-state index in [0.717, 1.165) is 17.7 Å². The molecular formula is C19H22N2O3S2. The maximum Gasteiger partial charge on any atom is 0.243 e. The lowest BCUT2D eigenvalue weighted by atomic mass is 10.0. The quantitative estimate of drug-likeness (QED) is 0.793. The van der Waals surface area contributed by atoms with Gasteiger partial charge in [0.05, 0.1) is 4.90 Å². The molecule has 7 heteroatoms. The highest BCUT2D eigenvalue weighted by Crippen LogP contribution is 2.27. The first-order valence-electron chi connectivity index (χ1n) is 8.54. The fraction of sp³-hybridized carbons (Fsp3) is 0.316. The summed E-state index contributed by atoms with van der Waals surface area (Å²) in [5.41, 5.74) is 0.685. The summed E-state index contributed by atoms with van der Waals surface area (Å²) in [7, 11) is -3.69. The first kappa shape index (κ1) is 18.9. The van der Waals surface area contributed by atoms with E-state index in [1.807, 2.05) is 30.5 Å². The molecule has 1 aliphatic rings. The molecule has 1 unspecified atom stereocenters. The predicted octanol–water partition coefficient (Wildman–Crippen LogP) is 3.59. The lowest BCUT2D eigenvalue weighted by molar-refractivity contribution is -0.120. The van der Waals surface area contributed by atoms with Crippen molar-refractivity contribution in [3.05, 3.63) is 54.6 Å². The van der Waals surface area contributed by atoms with Gasteiger partial charge < -0.3 is 5.32 Å². The molecule has 0 aliphatic carbocycles. The van der Waals surface area contributed by atoms with Crippen molar-refractivity contribution in [2.75, 3.05) is 18.1 Å². The number of nitrogens with zero attached hydrogens (tertiary/aromatic N) is 1. The number of nitrogens with one attached hydrogen (secondary N) is 1. The molecule has 2 aromatic carbocycles. The zero-order valence-corrected chi connectivity index (χ0v) is 16.2. The number of thioether (sulfide) groups is 1. The summed E-state index contributed by atoms with van der Waals surface area (Å²) >= 11 is 1.59. The number of carbonyl (C=O) groups excluding carboxylic acids is 1. The van der Waals surface area contributed by atoms with Crippen LogP contribution in [0.25, 0.3) is 0 Å². The van der Waals surface area contributed by atoms with Crippen molar-refractivity contribution in [3.8, 4) is 0 Å². The molecule has 0 aromatic heterocycles.